The third kappa shape index (κ3) is 5.18. The number of imidazole rings is 1. The Hall–Kier alpha value is -2.43. The molecule has 0 aliphatic carbocycles. The lowest BCUT2D eigenvalue weighted by molar-refractivity contribution is -0.684. The summed E-state index contributed by atoms with van der Waals surface area (Å²) in [5.41, 5.74) is 0.398. The molecule has 3 aromatic rings. The largest absolute Gasteiger partial charge is 0.370 e. The van der Waals surface area contributed by atoms with Crippen LogP contribution < -0.4 is 4.57 Å². The van der Waals surface area contributed by atoms with Gasteiger partial charge >= 0.3 is 0 Å². The number of benzene rings is 2. The molecule has 4 nitrogen and oxygen atoms in total. The molecule has 0 amide bonds. The zero-order valence-corrected chi connectivity index (χ0v) is 18.3. The van der Waals surface area contributed by atoms with Crippen LogP contribution in [-0.2, 0) is 24.1 Å². The number of aromatic nitrogens is 2. The third-order valence-corrected chi connectivity index (χ3v) is 5.66. The van der Waals surface area contributed by atoms with E-state index in [2.05, 4.69) is 6.92 Å². The van der Waals surface area contributed by atoms with E-state index in [4.69, 9.17) is 4.74 Å². The molecule has 0 saturated carbocycles. The first-order valence-corrected chi connectivity index (χ1v) is 11.1. The number of hydrogen-bond acceptors (Lipinski definition) is 2. The number of ether oxygens (including phenoxy) is 1. The molecule has 2 aromatic carbocycles. The molecule has 3 rings (SSSR count). The van der Waals surface area contributed by atoms with Crippen molar-refractivity contribution in [3.05, 3.63) is 90.0 Å². The smallest absolute Gasteiger partial charge is 0.300 e. The van der Waals surface area contributed by atoms with Gasteiger partial charge in [-0.15, -0.1) is 0 Å². The molecule has 1 N–H and O–H groups in total. The van der Waals surface area contributed by atoms with Gasteiger partial charge in [-0.2, -0.15) is 0 Å². The Morgan fingerprint density at radius 3 is 2.03 bits per heavy atom. The average molecular weight is 408 g/mol. The molecule has 0 fully saturated rings. The summed E-state index contributed by atoms with van der Waals surface area (Å²) < 4.78 is 9.98. The second-order valence-corrected chi connectivity index (χ2v) is 7.95. The van der Waals surface area contributed by atoms with Crippen molar-refractivity contribution in [1.82, 2.24) is 4.57 Å². The van der Waals surface area contributed by atoms with Gasteiger partial charge in [-0.05, 0) is 6.42 Å². The molecule has 0 aliphatic rings. The van der Waals surface area contributed by atoms with Gasteiger partial charge in [0, 0.05) is 11.1 Å². The van der Waals surface area contributed by atoms with E-state index in [0.29, 0.717) is 6.73 Å². The fourth-order valence-corrected chi connectivity index (χ4v) is 4.02. The van der Waals surface area contributed by atoms with E-state index in [1.165, 1.54) is 32.1 Å². The Morgan fingerprint density at radius 1 is 0.867 bits per heavy atom. The maximum Gasteiger partial charge on any atom is 0.300 e. The Kier molecular flexibility index (Phi) is 8.23. The van der Waals surface area contributed by atoms with Crippen molar-refractivity contribution >= 4 is 0 Å². The Labute approximate surface area is 180 Å². The van der Waals surface area contributed by atoms with Crippen LogP contribution in [0.5, 0.6) is 0 Å². The van der Waals surface area contributed by atoms with Gasteiger partial charge in [-0.3, -0.25) is 0 Å². The fourth-order valence-electron chi connectivity index (χ4n) is 4.02. The monoisotopic (exact) mass is 407 g/mol. The standard InChI is InChI=1S/C26H35N2O2/c1-3-4-5-6-7-14-21-30-22-28-20-19-27(2)25(28)26(29,23-15-10-8-11-16-23)24-17-12-9-13-18-24/h8-13,15-20,29H,3-7,14,21-22H2,1-2H3/q+1. The quantitative estimate of drug-likeness (QED) is 0.341. The van der Waals surface area contributed by atoms with Gasteiger partial charge in [0.2, 0.25) is 5.60 Å². The highest BCUT2D eigenvalue weighted by Gasteiger charge is 2.44. The summed E-state index contributed by atoms with van der Waals surface area (Å²) in [5.74, 6) is 0.780. The molecule has 4 heteroatoms. The highest BCUT2D eigenvalue weighted by Crippen LogP contribution is 2.34. The number of unbranched alkanes of at least 4 members (excludes halogenated alkanes) is 5. The molecule has 1 heterocycles. The van der Waals surface area contributed by atoms with E-state index in [-0.39, 0.29) is 0 Å². The maximum atomic E-state index is 12.1. The second kappa shape index (κ2) is 11.1. The van der Waals surface area contributed by atoms with E-state index in [0.717, 1.165) is 30.0 Å². The molecular weight excluding hydrogens is 372 g/mol. The van der Waals surface area contributed by atoms with E-state index in [1.54, 1.807) is 0 Å². The summed E-state index contributed by atoms with van der Waals surface area (Å²) in [6.07, 6.45) is 11.4. The van der Waals surface area contributed by atoms with Crippen molar-refractivity contribution in [2.75, 3.05) is 6.61 Å². The van der Waals surface area contributed by atoms with Crippen LogP contribution in [-0.4, -0.2) is 16.3 Å². The SMILES string of the molecule is CCCCCCCCOCn1cc[n+](C)c1C(O)(c1ccccc1)c1ccccc1. The summed E-state index contributed by atoms with van der Waals surface area (Å²) >= 11 is 0. The Morgan fingerprint density at radius 2 is 1.43 bits per heavy atom. The molecule has 0 atom stereocenters. The normalized spacial score (nSPS) is 11.7. The topological polar surface area (TPSA) is 38.3 Å². The van der Waals surface area contributed by atoms with Crippen LogP contribution in [0.4, 0.5) is 0 Å². The lowest BCUT2D eigenvalue weighted by Crippen LogP contribution is -2.45. The molecule has 0 bridgehead atoms. The molecule has 0 saturated heterocycles. The van der Waals surface area contributed by atoms with Crippen molar-refractivity contribution in [3.8, 4) is 0 Å². The van der Waals surface area contributed by atoms with Gasteiger partial charge in [0.25, 0.3) is 5.82 Å². The predicted octanol–water partition coefficient (Wildman–Crippen LogP) is 4.93. The zero-order valence-electron chi connectivity index (χ0n) is 18.3. The predicted molar refractivity (Wildman–Crippen MR) is 120 cm³/mol. The minimum atomic E-state index is -1.27. The number of aliphatic hydroxyl groups is 1. The summed E-state index contributed by atoms with van der Waals surface area (Å²) in [7, 11) is 1.97. The lowest BCUT2D eigenvalue weighted by atomic mass is 9.85. The highest BCUT2D eigenvalue weighted by molar-refractivity contribution is 5.41. The summed E-state index contributed by atoms with van der Waals surface area (Å²) in [6.45, 7) is 3.40. The van der Waals surface area contributed by atoms with Crippen molar-refractivity contribution in [2.45, 2.75) is 57.8 Å². The van der Waals surface area contributed by atoms with Crippen molar-refractivity contribution < 1.29 is 14.4 Å². The number of hydrogen-bond donors (Lipinski definition) is 1. The summed E-state index contributed by atoms with van der Waals surface area (Å²) in [6, 6.07) is 19.7. The minimum Gasteiger partial charge on any atom is -0.370 e. The van der Waals surface area contributed by atoms with Crippen LogP contribution in [0.25, 0.3) is 0 Å². The Balaban J connectivity index is 1.78. The number of aryl methyl sites for hydroxylation is 1. The van der Waals surface area contributed by atoms with E-state index < -0.39 is 5.60 Å². The van der Waals surface area contributed by atoms with Crippen molar-refractivity contribution in [3.63, 3.8) is 0 Å². The molecule has 160 valence electrons. The van der Waals surface area contributed by atoms with Gasteiger partial charge in [0.1, 0.15) is 12.4 Å². The van der Waals surface area contributed by atoms with Crippen LogP contribution in [0, 0.1) is 0 Å². The fraction of sp³-hybridized carbons (Fsp3) is 0.423. The van der Waals surface area contributed by atoms with Crippen LogP contribution in [0.1, 0.15) is 62.4 Å². The Bertz CT molecular complexity index is 835. The minimum absolute atomic E-state index is 0.424. The average Bonchev–Trinajstić information content (AvgIpc) is 3.17. The first-order valence-electron chi connectivity index (χ1n) is 11.1. The van der Waals surface area contributed by atoms with Crippen LogP contribution >= 0.6 is 0 Å². The molecule has 0 radical (unpaired) electrons. The van der Waals surface area contributed by atoms with Crippen molar-refractivity contribution in [2.24, 2.45) is 7.05 Å². The van der Waals surface area contributed by atoms with Crippen LogP contribution in [0.3, 0.4) is 0 Å². The van der Waals surface area contributed by atoms with Gasteiger partial charge < -0.3 is 9.84 Å². The second-order valence-electron chi connectivity index (χ2n) is 7.95. The third-order valence-electron chi connectivity index (χ3n) is 5.66. The van der Waals surface area contributed by atoms with Crippen molar-refractivity contribution in [1.29, 1.82) is 0 Å². The maximum absolute atomic E-state index is 12.1. The summed E-state index contributed by atoms with van der Waals surface area (Å²) in [4.78, 5) is 0. The first kappa shape index (κ1) is 22.3. The molecule has 0 unspecified atom stereocenters. The van der Waals surface area contributed by atoms with E-state index in [9.17, 15) is 5.11 Å². The molecular formula is C26H35N2O2+. The van der Waals surface area contributed by atoms with Gasteiger partial charge in [0.15, 0.2) is 6.73 Å². The number of nitrogens with zero attached hydrogens (tertiary/aromatic N) is 2. The van der Waals surface area contributed by atoms with Crippen LogP contribution in [0.15, 0.2) is 73.1 Å². The van der Waals surface area contributed by atoms with Gasteiger partial charge in [-0.1, -0.05) is 99.7 Å². The van der Waals surface area contributed by atoms with E-state index >= 15 is 0 Å². The highest BCUT2D eigenvalue weighted by atomic mass is 16.5. The zero-order chi connectivity index (χ0) is 21.2. The lowest BCUT2D eigenvalue weighted by Gasteiger charge is -2.26. The van der Waals surface area contributed by atoms with Crippen LogP contribution in [0.2, 0.25) is 0 Å². The van der Waals surface area contributed by atoms with Gasteiger partial charge in [-0.25, -0.2) is 9.13 Å². The molecule has 0 spiro atoms. The summed E-state index contributed by atoms with van der Waals surface area (Å²) in [5, 5.41) is 12.1. The molecule has 1 aromatic heterocycles. The first-order chi connectivity index (χ1) is 14.7. The van der Waals surface area contributed by atoms with E-state index in [1.807, 2.05) is 89.2 Å². The number of rotatable bonds is 12. The molecule has 30 heavy (non-hydrogen) atoms. The van der Waals surface area contributed by atoms with Gasteiger partial charge in [0.05, 0.1) is 13.7 Å². The molecule has 0 aliphatic heterocycles.